The first kappa shape index (κ1) is 13.8. The van der Waals surface area contributed by atoms with Crippen molar-refractivity contribution in [2.75, 3.05) is 6.54 Å². The van der Waals surface area contributed by atoms with Gasteiger partial charge in [-0.05, 0) is 38.0 Å². The molecule has 2 aliphatic rings. The second-order valence-corrected chi connectivity index (χ2v) is 6.12. The van der Waals surface area contributed by atoms with Gasteiger partial charge in [-0.2, -0.15) is 0 Å². The van der Waals surface area contributed by atoms with E-state index in [2.05, 4.69) is 4.90 Å². The minimum Gasteiger partial charge on any atom is -0.393 e. The summed E-state index contributed by atoms with van der Waals surface area (Å²) in [4.78, 5) is 15.0. The summed E-state index contributed by atoms with van der Waals surface area (Å²) in [5, 5.41) is 0. The molecule has 102 valence electrons. The molecule has 1 amide bonds. The Bertz CT molecular complexity index is 326. The van der Waals surface area contributed by atoms with Crippen molar-refractivity contribution in [3.8, 4) is 0 Å². The fourth-order valence-corrected chi connectivity index (χ4v) is 3.86. The molecule has 1 saturated carbocycles. The van der Waals surface area contributed by atoms with Gasteiger partial charge in [0.15, 0.2) is 0 Å². The minimum absolute atomic E-state index is 0.180. The molecule has 0 spiro atoms. The Morgan fingerprint density at radius 1 is 1.33 bits per heavy atom. The standard InChI is InChI=1S/C14H24N2OS/c1-2-11(13(15)18)14(17)16-9-5-8-12(16)10-6-3-4-7-10/h10-12H,2-9H2,1H3,(H2,15,18). The van der Waals surface area contributed by atoms with E-state index in [0.717, 1.165) is 25.3 Å². The van der Waals surface area contributed by atoms with Gasteiger partial charge in [0.1, 0.15) is 0 Å². The number of thiocarbonyl (C=S) groups is 1. The highest BCUT2D eigenvalue weighted by Gasteiger charge is 2.38. The van der Waals surface area contributed by atoms with E-state index < -0.39 is 0 Å². The highest BCUT2D eigenvalue weighted by molar-refractivity contribution is 7.80. The Labute approximate surface area is 115 Å². The van der Waals surface area contributed by atoms with Crippen molar-refractivity contribution in [2.45, 2.75) is 57.9 Å². The average Bonchev–Trinajstić information content (AvgIpc) is 3.00. The molecule has 4 heteroatoms. The number of carbonyl (C=O) groups excluding carboxylic acids is 1. The van der Waals surface area contributed by atoms with E-state index in [1.54, 1.807) is 0 Å². The first-order valence-corrected chi connectivity index (χ1v) is 7.65. The van der Waals surface area contributed by atoms with Crippen LogP contribution in [0.25, 0.3) is 0 Å². The second kappa shape index (κ2) is 6.00. The van der Waals surface area contributed by atoms with Crippen LogP contribution in [-0.4, -0.2) is 28.4 Å². The van der Waals surface area contributed by atoms with Crippen LogP contribution >= 0.6 is 12.2 Å². The number of rotatable bonds is 4. The molecule has 0 bridgehead atoms. The molecule has 1 saturated heterocycles. The first-order chi connectivity index (χ1) is 8.65. The van der Waals surface area contributed by atoms with Gasteiger partial charge in [-0.15, -0.1) is 0 Å². The maximum Gasteiger partial charge on any atom is 0.232 e. The van der Waals surface area contributed by atoms with Gasteiger partial charge >= 0.3 is 0 Å². The zero-order chi connectivity index (χ0) is 13.1. The van der Waals surface area contributed by atoms with Gasteiger partial charge < -0.3 is 10.6 Å². The Morgan fingerprint density at radius 2 is 2.00 bits per heavy atom. The van der Waals surface area contributed by atoms with Crippen molar-refractivity contribution in [3.63, 3.8) is 0 Å². The molecular formula is C14H24N2OS. The molecule has 2 atom stereocenters. The summed E-state index contributed by atoms with van der Waals surface area (Å²) >= 11 is 5.03. The molecule has 0 aromatic heterocycles. The highest BCUT2D eigenvalue weighted by atomic mass is 32.1. The molecular weight excluding hydrogens is 244 g/mol. The first-order valence-electron chi connectivity index (χ1n) is 7.25. The molecule has 1 aliphatic carbocycles. The fourth-order valence-electron chi connectivity index (χ4n) is 3.60. The normalized spacial score (nSPS) is 26.5. The van der Waals surface area contributed by atoms with E-state index in [4.69, 9.17) is 18.0 Å². The van der Waals surface area contributed by atoms with Gasteiger partial charge in [-0.3, -0.25) is 4.79 Å². The summed E-state index contributed by atoms with van der Waals surface area (Å²) in [7, 11) is 0. The van der Waals surface area contributed by atoms with E-state index in [1.807, 2.05) is 6.92 Å². The summed E-state index contributed by atoms with van der Waals surface area (Å²) in [6.07, 6.45) is 8.27. The number of amides is 1. The van der Waals surface area contributed by atoms with E-state index in [0.29, 0.717) is 11.0 Å². The third kappa shape index (κ3) is 2.68. The monoisotopic (exact) mass is 268 g/mol. The van der Waals surface area contributed by atoms with E-state index in [1.165, 1.54) is 32.1 Å². The largest absolute Gasteiger partial charge is 0.393 e. The van der Waals surface area contributed by atoms with Crippen LogP contribution in [0.1, 0.15) is 51.9 Å². The maximum absolute atomic E-state index is 12.5. The van der Waals surface area contributed by atoms with Crippen LogP contribution in [0.2, 0.25) is 0 Å². The zero-order valence-corrected chi connectivity index (χ0v) is 12.0. The van der Waals surface area contributed by atoms with Gasteiger partial charge in [-0.1, -0.05) is 32.0 Å². The average molecular weight is 268 g/mol. The van der Waals surface area contributed by atoms with Crippen molar-refractivity contribution >= 4 is 23.1 Å². The molecule has 3 nitrogen and oxygen atoms in total. The van der Waals surface area contributed by atoms with Crippen molar-refractivity contribution in [1.29, 1.82) is 0 Å². The number of hydrogen-bond acceptors (Lipinski definition) is 2. The van der Waals surface area contributed by atoms with Gasteiger partial charge in [0, 0.05) is 12.6 Å². The van der Waals surface area contributed by atoms with Crippen LogP contribution in [0.5, 0.6) is 0 Å². The van der Waals surface area contributed by atoms with Crippen molar-refractivity contribution in [2.24, 2.45) is 17.6 Å². The molecule has 1 heterocycles. The Morgan fingerprint density at radius 3 is 2.56 bits per heavy atom. The van der Waals surface area contributed by atoms with E-state index in [9.17, 15) is 4.79 Å². The fraction of sp³-hybridized carbons (Fsp3) is 0.857. The van der Waals surface area contributed by atoms with Crippen LogP contribution in [0.3, 0.4) is 0 Å². The third-order valence-corrected chi connectivity index (χ3v) is 4.86. The van der Waals surface area contributed by atoms with Gasteiger partial charge in [0.25, 0.3) is 0 Å². The van der Waals surface area contributed by atoms with E-state index in [-0.39, 0.29) is 11.8 Å². The van der Waals surface area contributed by atoms with Gasteiger partial charge in [0.05, 0.1) is 10.9 Å². The molecule has 1 aliphatic heterocycles. The van der Waals surface area contributed by atoms with Crippen LogP contribution in [0.4, 0.5) is 0 Å². The van der Waals surface area contributed by atoms with Crippen LogP contribution in [-0.2, 0) is 4.79 Å². The van der Waals surface area contributed by atoms with Gasteiger partial charge in [-0.25, -0.2) is 0 Å². The molecule has 2 fully saturated rings. The number of nitrogens with two attached hydrogens (primary N) is 1. The maximum atomic E-state index is 12.5. The number of hydrogen-bond donors (Lipinski definition) is 1. The van der Waals surface area contributed by atoms with Crippen molar-refractivity contribution in [3.05, 3.63) is 0 Å². The Kier molecular flexibility index (Phi) is 4.60. The summed E-state index contributed by atoms with van der Waals surface area (Å²) in [5.41, 5.74) is 5.70. The number of likely N-dealkylation sites (tertiary alicyclic amines) is 1. The highest BCUT2D eigenvalue weighted by Crippen LogP contribution is 2.36. The minimum atomic E-state index is -0.248. The molecule has 2 unspecified atom stereocenters. The van der Waals surface area contributed by atoms with Gasteiger partial charge in [0.2, 0.25) is 5.91 Å². The predicted molar refractivity (Wildman–Crippen MR) is 77.3 cm³/mol. The lowest BCUT2D eigenvalue weighted by atomic mass is 9.94. The van der Waals surface area contributed by atoms with Crippen molar-refractivity contribution in [1.82, 2.24) is 4.90 Å². The Hall–Kier alpha value is -0.640. The predicted octanol–water partition coefficient (Wildman–Crippen LogP) is 2.48. The zero-order valence-electron chi connectivity index (χ0n) is 11.2. The van der Waals surface area contributed by atoms with E-state index >= 15 is 0 Å². The summed E-state index contributed by atoms with van der Waals surface area (Å²) in [6, 6.07) is 0.461. The van der Waals surface area contributed by atoms with Crippen LogP contribution in [0, 0.1) is 11.8 Å². The SMILES string of the molecule is CCC(C(=O)N1CCCC1C1CCCC1)C(N)=S. The molecule has 2 rings (SSSR count). The smallest absolute Gasteiger partial charge is 0.232 e. The molecule has 18 heavy (non-hydrogen) atoms. The molecule has 0 aromatic rings. The topological polar surface area (TPSA) is 46.3 Å². The lowest BCUT2D eigenvalue weighted by Gasteiger charge is -2.32. The van der Waals surface area contributed by atoms with Crippen LogP contribution < -0.4 is 5.73 Å². The molecule has 0 radical (unpaired) electrons. The Balaban J connectivity index is 2.05. The number of nitrogens with zero attached hydrogens (tertiary/aromatic N) is 1. The lowest BCUT2D eigenvalue weighted by molar-refractivity contribution is -0.135. The van der Waals surface area contributed by atoms with Crippen molar-refractivity contribution < 1.29 is 4.79 Å². The summed E-state index contributed by atoms with van der Waals surface area (Å²) in [5.74, 6) is 0.654. The molecule has 0 aromatic carbocycles. The lowest BCUT2D eigenvalue weighted by Crippen LogP contribution is -2.45. The quantitative estimate of drug-likeness (QED) is 0.797. The summed E-state index contributed by atoms with van der Waals surface area (Å²) in [6.45, 7) is 2.89. The third-order valence-electron chi connectivity index (χ3n) is 4.58. The summed E-state index contributed by atoms with van der Waals surface area (Å²) < 4.78 is 0. The van der Waals surface area contributed by atoms with Crippen LogP contribution in [0.15, 0.2) is 0 Å². The molecule has 2 N–H and O–H groups in total. The second-order valence-electron chi connectivity index (χ2n) is 5.65. The number of carbonyl (C=O) groups is 1.